The van der Waals surface area contributed by atoms with E-state index in [2.05, 4.69) is 26.6 Å². The van der Waals surface area contributed by atoms with Crippen LogP contribution < -0.4 is 10.6 Å². The second kappa shape index (κ2) is 11.9. The summed E-state index contributed by atoms with van der Waals surface area (Å²) in [5.41, 5.74) is 1.18. The maximum absolute atomic E-state index is 12.4. The van der Waals surface area contributed by atoms with Gasteiger partial charge in [-0.15, -0.1) is 0 Å². The van der Waals surface area contributed by atoms with Crippen molar-refractivity contribution in [1.29, 1.82) is 0 Å². The zero-order chi connectivity index (χ0) is 23.7. The number of ether oxygens (including phenoxy) is 1. The molecule has 0 aliphatic rings. The van der Waals surface area contributed by atoms with Gasteiger partial charge < -0.3 is 25.6 Å². The van der Waals surface area contributed by atoms with Gasteiger partial charge in [-0.2, -0.15) is 0 Å². The zero-order valence-corrected chi connectivity index (χ0v) is 20.1. The summed E-state index contributed by atoms with van der Waals surface area (Å²) < 4.78 is 6.28. The van der Waals surface area contributed by atoms with E-state index < -0.39 is 36.0 Å². The molecule has 0 aromatic heterocycles. The van der Waals surface area contributed by atoms with Gasteiger partial charge in [-0.05, 0) is 63.3 Å². The minimum atomic E-state index is -1.17. The van der Waals surface area contributed by atoms with Crippen LogP contribution in [0, 0.1) is 0 Å². The number of carbonyl (C=O) groups is 2. The van der Waals surface area contributed by atoms with Crippen molar-refractivity contribution in [2.45, 2.75) is 63.8 Å². The minimum absolute atomic E-state index is 0.121. The number of nitrogens with one attached hydrogen (secondary N) is 2. The van der Waals surface area contributed by atoms with E-state index in [1.165, 1.54) is 0 Å². The van der Waals surface area contributed by atoms with E-state index in [0.717, 1.165) is 15.6 Å². The molecule has 1 unspecified atom stereocenters. The lowest BCUT2D eigenvalue weighted by Gasteiger charge is -2.29. The molecule has 0 aliphatic heterocycles. The molecule has 32 heavy (non-hydrogen) atoms. The summed E-state index contributed by atoms with van der Waals surface area (Å²) in [5, 5.41) is 25.5. The summed E-state index contributed by atoms with van der Waals surface area (Å²) in [6, 6.07) is 15.8. The number of rotatable bonds is 9. The first kappa shape index (κ1) is 25.7. The van der Waals surface area contributed by atoms with Gasteiger partial charge in [0.25, 0.3) is 0 Å². The highest BCUT2D eigenvalue weighted by Gasteiger charge is 2.28. The molecule has 7 nitrogen and oxygen atoms in total. The number of alkyl carbamates (subject to hydrolysis) is 1. The Morgan fingerprint density at radius 3 is 2.12 bits per heavy atom. The summed E-state index contributed by atoms with van der Waals surface area (Å²) >= 11 is 3.38. The van der Waals surface area contributed by atoms with Crippen molar-refractivity contribution in [1.82, 2.24) is 10.6 Å². The van der Waals surface area contributed by atoms with Crippen molar-refractivity contribution in [2.24, 2.45) is 0 Å². The molecule has 0 saturated carbocycles. The van der Waals surface area contributed by atoms with E-state index in [-0.39, 0.29) is 6.42 Å². The first-order valence-corrected chi connectivity index (χ1v) is 11.3. The maximum atomic E-state index is 12.4. The number of hydrogen-bond donors (Lipinski definition) is 4. The number of hydrogen-bond acceptors (Lipinski definition) is 4. The number of aliphatic hydroxyl groups is 1. The molecular formula is C24H31BrN2O5. The van der Waals surface area contributed by atoms with Crippen LogP contribution in [0.25, 0.3) is 0 Å². The normalized spacial score (nSPS) is 14.2. The van der Waals surface area contributed by atoms with Gasteiger partial charge in [-0.1, -0.05) is 58.4 Å². The molecule has 2 rings (SSSR count). The van der Waals surface area contributed by atoms with Crippen LogP contribution in [-0.2, 0) is 17.6 Å². The average molecular weight is 507 g/mol. The third-order valence-electron chi connectivity index (χ3n) is 4.71. The Balaban J connectivity index is 2.15. The highest BCUT2D eigenvalue weighted by molar-refractivity contribution is 9.10. The Hall–Kier alpha value is -2.58. The van der Waals surface area contributed by atoms with Gasteiger partial charge in [0.1, 0.15) is 5.60 Å². The lowest BCUT2D eigenvalue weighted by Crippen LogP contribution is -2.49. The lowest BCUT2D eigenvalue weighted by atomic mass is 9.94. The SMILES string of the molecule is CC(C)(C)OC(=O)N[C@@H](Cc1ccccc1)[C@@H](O)CC(Cc1ccc(Br)cc1)NC(=O)O. The van der Waals surface area contributed by atoms with Crippen LogP contribution in [-0.4, -0.2) is 46.2 Å². The van der Waals surface area contributed by atoms with Crippen molar-refractivity contribution in [3.05, 3.63) is 70.2 Å². The molecule has 8 heteroatoms. The fourth-order valence-electron chi connectivity index (χ4n) is 3.34. The van der Waals surface area contributed by atoms with Gasteiger partial charge in [-0.3, -0.25) is 0 Å². The summed E-state index contributed by atoms with van der Waals surface area (Å²) in [7, 11) is 0. The number of aliphatic hydroxyl groups excluding tert-OH is 1. The Morgan fingerprint density at radius 2 is 1.56 bits per heavy atom. The summed E-state index contributed by atoms with van der Waals surface area (Å²) in [6.07, 6.45) is -1.90. The minimum Gasteiger partial charge on any atom is -0.465 e. The predicted molar refractivity (Wildman–Crippen MR) is 127 cm³/mol. The first-order valence-electron chi connectivity index (χ1n) is 10.5. The van der Waals surface area contributed by atoms with E-state index in [1.54, 1.807) is 20.8 Å². The van der Waals surface area contributed by atoms with Gasteiger partial charge >= 0.3 is 12.2 Å². The van der Waals surface area contributed by atoms with Crippen LogP contribution in [0.1, 0.15) is 38.3 Å². The van der Waals surface area contributed by atoms with Gasteiger partial charge in [0.15, 0.2) is 0 Å². The molecule has 0 aliphatic carbocycles. The monoisotopic (exact) mass is 506 g/mol. The van der Waals surface area contributed by atoms with E-state index in [4.69, 9.17) is 4.74 Å². The van der Waals surface area contributed by atoms with Crippen LogP contribution in [0.5, 0.6) is 0 Å². The van der Waals surface area contributed by atoms with Gasteiger partial charge in [0.05, 0.1) is 12.1 Å². The fourth-order valence-corrected chi connectivity index (χ4v) is 3.60. The van der Waals surface area contributed by atoms with Gasteiger partial charge in [0, 0.05) is 10.5 Å². The van der Waals surface area contributed by atoms with E-state index in [9.17, 15) is 19.8 Å². The number of benzene rings is 2. The first-order chi connectivity index (χ1) is 15.0. The zero-order valence-electron chi connectivity index (χ0n) is 18.5. The number of carbonyl (C=O) groups excluding carboxylic acids is 1. The third-order valence-corrected chi connectivity index (χ3v) is 5.24. The van der Waals surface area contributed by atoms with Gasteiger partial charge in [0.2, 0.25) is 0 Å². The molecule has 3 atom stereocenters. The standard InChI is InChI=1S/C24H31BrN2O5/c1-24(2,3)32-23(31)27-20(14-16-7-5-4-6-8-16)21(28)15-19(26-22(29)30)13-17-9-11-18(25)12-10-17/h4-12,19-21,26,28H,13-15H2,1-3H3,(H,27,31)(H,29,30)/t19?,20-,21-/m0/s1. The van der Waals surface area contributed by atoms with Crippen molar-refractivity contribution in [3.8, 4) is 0 Å². The topological polar surface area (TPSA) is 108 Å². The molecule has 4 N–H and O–H groups in total. The van der Waals surface area contributed by atoms with Crippen molar-refractivity contribution >= 4 is 28.1 Å². The molecule has 0 saturated heterocycles. The van der Waals surface area contributed by atoms with Gasteiger partial charge in [-0.25, -0.2) is 9.59 Å². The summed E-state index contributed by atoms with van der Waals surface area (Å²) in [4.78, 5) is 23.7. The number of amides is 2. The van der Waals surface area contributed by atoms with E-state index >= 15 is 0 Å². The Bertz CT molecular complexity index is 868. The molecule has 0 radical (unpaired) electrons. The summed E-state index contributed by atoms with van der Waals surface area (Å²) in [6.45, 7) is 5.29. The van der Waals surface area contributed by atoms with E-state index in [1.807, 2.05) is 54.6 Å². The smallest absolute Gasteiger partial charge is 0.407 e. The van der Waals surface area contributed by atoms with Crippen LogP contribution >= 0.6 is 15.9 Å². The van der Waals surface area contributed by atoms with Crippen molar-refractivity contribution < 1.29 is 24.5 Å². The molecule has 2 aromatic carbocycles. The number of carboxylic acid groups (broad SMARTS) is 1. The largest absolute Gasteiger partial charge is 0.465 e. The molecule has 0 bridgehead atoms. The lowest BCUT2D eigenvalue weighted by molar-refractivity contribution is 0.0400. The van der Waals surface area contributed by atoms with Crippen LogP contribution in [0.3, 0.4) is 0 Å². The highest BCUT2D eigenvalue weighted by atomic mass is 79.9. The summed E-state index contributed by atoms with van der Waals surface area (Å²) in [5.74, 6) is 0. The average Bonchev–Trinajstić information content (AvgIpc) is 2.68. The quantitative estimate of drug-likeness (QED) is 0.400. The molecule has 2 aromatic rings. The second-order valence-corrected chi connectivity index (χ2v) is 9.64. The Kier molecular flexibility index (Phi) is 9.53. The molecule has 2 amide bonds. The van der Waals surface area contributed by atoms with Crippen LogP contribution in [0.2, 0.25) is 0 Å². The second-order valence-electron chi connectivity index (χ2n) is 8.72. The number of halogens is 1. The predicted octanol–water partition coefficient (Wildman–Crippen LogP) is 4.51. The Morgan fingerprint density at radius 1 is 0.969 bits per heavy atom. The molecule has 174 valence electrons. The molecule has 0 fully saturated rings. The van der Waals surface area contributed by atoms with Crippen molar-refractivity contribution in [3.63, 3.8) is 0 Å². The van der Waals surface area contributed by atoms with Crippen LogP contribution in [0.15, 0.2) is 59.1 Å². The molecular weight excluding hydrogens is 476 g/mol. The van der Waals surface area contributed by atoms with E-state index in [0.29, 0.717) is 12.8 Å². The Labute approximate surface area is 197 Å². The third kappa shape index (κ3) is 9.70. The highest BCUT2D eigenvalue weighted by Crippen LogP contribution is 2.17. The van der Waals surface area contributed by atoms with Crippen LogP contribution in [0.4, 0.5) is 9.59 Å². The molecule has 0 spiro atoms. The maximum Gasteiger partial charge on any atom is 0.407 e. The molecule has 0 heterocycles. The fraction of sp³-hybridized carbons (Fsp3) is 0.417. The van der Waals surface area contributed by atoms with Crippen molar-refractivity contribution in [2.75, 3.05) is 0 Å².